The molecule has 0 saturated carbocycles. The lowest BCUT2D eigenvalue weighted by Crippen LogP contribution is -2.29. The molecule has 39 heavy (non-hydrogen) atoms. The lowest BCUT2D eigenvalue weighted by Gasteiger charge is -2.24. The first kappa shape index (κ1) is 28.5. The monoisotopic (exact) mass is 613 g/mol. The Morgan fingerprint density at radius 1 is 1.03 bits per heavy atom. The van der Waals surface area contributed by atoms with E-state index in [-0.39, 0.29) is 0 Å². The van der Waals surface area contributed by atoms with Crippen LogP contribution in [0.15, 0.2) is 47.3 Å². The number of nitrogen functional groups attached to an aromatic ring is 1. The third-order valence-electron chi connectivity index (χ3n) is 6.04. The summed E-state index contributed by atoms with van der Waals surface area (Å²) in [6.07, 6.45) is 4.84. The molecule has 11 nitrogen and oxygen atoms in total. The fourth-order valence-electron chi connectivity index (χ4n) is 4.08. The van der Waals surface area contributed by atoms with E-state index in [1.165, 1.54) is 0 Å². The summed E-state index contributed by atoms with van der Waals surface area (Å²) in [7, 11) is 4.93. The number of likely N-dealkylation sites (N-methyl/N-ethyl adjacent to an activating group) is 2. The summed E-state index contributed by atoms with van der Waals surface area (Å²) in [6, 6.07) is 7.38. The molecule has 2 heterocycles. The van der Waals surface area contributed by atoms with Crippen LogP contribution in [0.5, 0.6) is 5.75 Å². The second-order valence-electron chi connectivity index (χ2n) is 9.71. The van der Waals surface area contributed by atoms with Crippen LogP contribution in [0.1, 0.15) is 0 Å². The highest BCUT2D eigenvalue weighted by Crippen LogP contribution is 2.41. The predicted octanol–water partition coefficient (Wildman–Crippen LogP) is 4.51. The molecule has 206 valence electrons. The Kier molecular flexibility index (Phi) is 8.58. The Morgan fingerprint density at radius 2 is 1.77 bits per heavy atom. The third-order valence-corrected chi connectivity index (χ3v) is 8.15. The van der Waals surface area contributed by atoms with Crippen LogP contribution in [0, 0.1) is 0 Å². The Labute approximate surface area is 236 Å². The van der Waals surface area contributed by atoms with Crippen molar-refractivity contribution in [2.75, 3.05) is 75.9 Å². The minimum Gasteiger partial charge on any atom is -0.494 e. The quantitative estimate of drug-likeness (QED) is 0.172. The van der Waals surface area contributed by atoms with Crippen LogP contribution in [0.2, 0.25) is 0 Å². The Hall–Kier alpha value is -3.47. The minimum absolute atomic E-state index is 0.324. The number of anilines is 6. The number of nitrogens with two attached hydrogens (primary N) is 1. The largest absolute Gasteiger partial charge is 0.494 e. The van der Waals surface area contributed by atoms with Gasteiger partial charge < -0.3 is 35.5 Å². The van der Waals surface area contributed by atoms with Gasteiger partial charge in [-0.25, -0.2) is 4.98 Å². The van der Waals surface area contributed by atoms with Crippen molar-refractivity contribution in [3.05, 3.63) is 47.3 Å². The van der Waals surface area contributed by atoms with E-state index in [1.807, 2.05) is 45.4 Å². The first-order valence-electron chi connectivity index (χ1n) is 12.2. The molecule has 2 aromatic carbocycles. The lowest BCUT2D eigenvalue weighted by atomic mass is 10.2. The van der Waals surface area contributed by atoms with Gasteiger partial charge in [0.2, 0.25) is 5.95 Å². The number of aromatic nitrogens is 4. The summed E-state index contributed by atoms with van der Waals surface area (Å²) < 4.78 is 19.6. The topological polar surface area (TPSA) is 134 Å². The SMILES string of the molecule is COc1cc(N(C)CCN(C)C)c(N)cc1Nc1ncc(Br)c(Nc2ccc3nccnc3c2P(C)(C)=O)n1. The third kappa shape index (κ3) is 6.58. The van der Waals surface area contributed by atoms with E-state index in [9.17, 15) is 4.57 Å². The molecule has 0 saturated heterocycles. The van der Waals surface area contributed by atoms with Crippen molar-refractivity contribution in [2.45, 2.75) is 0 Å². The first-order valence-corrected chi connectivity index (χ1v) is 15.6. The molecule has 4 N–H and O–H groups in total. The second kappa shape index (κ2) is 11.7. The van der Waals surface area contributed by atoms with E-state index >= 15 is 0 Å². The van der Waals surface area contributed by atoms with E-state index in [1.54, 1.807) is 39.0 Å². The molecule has 0 spiro atoms. The molecule has 2 aromatic heterocycles. The maximum absolute atomic E-state index is 13.3. The molecule has 0 unspecified atom stereocenters. The van der Waals surface area contributed by atoms with Crippen molar-refractivity contribution in [2.24, 2.45) is 0 Å². The average molecular weight is 614 g/mol. The van der Waals surface area contributed by atoms with Crippen LogP contribution in [0.4, 0.5) is 34.5 Å². The van der Waals surface area contributed by atoms with Crippen LogP contribution >= 0.6 is 23.1 Å². The summed E-state index contributed by atoms with van der Waals surface area (Å²) >= 11 is 3.52. The van der Waals surface area contributed by atoms with Gasteiger partial charge in [0.15, 0.2) is 0 Å². The second-order valence-corrected chi connectivity index (χ2v) is 13.7. The van der Waals surface area contributed by atoms with Gasteiger partial charge in [-0.1, -0.05) is 0 Å². The Balaban J connectivity index is 1.66. The fourth-order valence-corrected chi connectivity index (χ4v) is 5.77. The predicted molar refractivity (Wildman–Crippen MR) is 164 cm³/mol. The Morgan fingerprint density at radius 3 is 2.46 bits per heavy atom. The number of benzene rings is 2. The standard InChI is InChI=1S/C26H33BrN9O2P/c1-35(2)11-12-36(3)21-14-22(38-4)20(13-17(21)28)33-26-31-15-16(27)25(34-26)32-19-8-7-18-23(30-10-9-29-18)24(19)39(5,6)37/h7-10,13-15H,11-12,28H2,1-6H3,(H2,31,32,33,34). The number of rotatable bonds is 10. The summed E-state index contributed by atoms with van der Waals surface area (Å²) in [5, 5.41) is 7.13. The van der Waals surface area contributed by atoms with Crippen molar-refractivity contribution >= 4 is 73.9 Å². The normalized spacial score (nSPS) is 11.6. The summed E-state index contributed by atoms with van der Waals surface area (Å²) in [5.41, 5.74) is 10.4. The maximum Gasteiger partial charge on any atom is 0.229 e. The zero-order chi connectivity index (χ0) is 28.3. The van der Waals surface area contributed by atoms with Gasteiger partial charge in [-0.15, -0.1) is 0 Å². The fraction of sp³-hybridized carbons (Fsp3) is 0.308. The van der Waals surface area contributed by atoms with Gasteiger partial charge in [0.25, 0.3) is 0 Å². The van der Waals surface area contributed by atoms with E-state index in [4.69, 9.17) is 10.5 Å². The molecule has 0 aliphatic rings. The lowest BCUT2D eigenvalue weighted by molar-refractivity contribution is 0.413. The van der Waals surface area contributed by atoms with Crippen LogP contribution < -0.4 is 31.3 Å². The van der Waals surface area contributed by atoms with Crippen molar-refractivity contribution in [1.82, 2.24) is 24.8 Å². The highest BCUT2D eigenvalue weighted by molar-refractivity contribution is 9.10. The molecule has 0 radical (unpaired) electrons. The van der Waals surface area contributed by atoms with E-state index in [2.05, 4.69) is 56.3 Å². The molecule has 0 bridgehead atoms. The molecule has 0 atom stereocenters. The number of nitrogens with one attached hydrogen (secondary N) is 2. The van der Waals surface area contributed by atoms with Crippen LogP contribution in [0.3, 0.4) is 0 Å². The smallest absolute Gasteiger partial charge is 0.229 e. The molecule has 0 aliphatic carbocycles. The van der Waals surface area contributed by atoms with Crippen LogP contribution in [-0.2, 0) is 4.57 Å². The highest BCUT2D eigenvalue weighted by atomic mass is 79.9. The van der Waals surface area contributed by atoms with Gasteiger partial charge in [-0.2, -0.15) is 4.98 Å². The van der Waals surface area contributed by atoms with Gasteiger partial charge >= 0.3 is 0 Å². The molecule has 0 amide bonds. The zero-order valence-electron chi connectivity index (χ0n) is 22.9. The number of methoxy groups -OCH3 is 1. The van der Waals surface area contributed by atoms with Gasteiger partial charge in [0, 0.05) is 44.8 Å². The molecular weight excluding hydrogens is 581 g/mol. The number of nitrogens with zero attached hydrogens (tertiary/aromatic N) is 6. The molecule has 0 aliphatic heterocycles. The number of hydrogen-bond donors (Lipinski definition) is 3. The van der Waals surface area contributed by atoms with E-state index < -0.39 is 7.14 Å². The zero-order valence-corrected chi connectivity index (χ0v) is 25.3. The number of ether oxygens (including phenoxy) is 1. The minimum atomic E-state index is -2.74. The molecule has 0 fully saturated rings. The first-order chi connectivity index (χ1) is 18.5. The van der Waals surface area contributed by atoms with Gasteiger partial charge in [-0.3, -0.25) is 9.97 Å². The molecular formula is C26H33BrN9O2P. The summed E-state index contributed by atoms with van der Waals surface area (Å²) in [6.45, 7) is 5.12. The molecule has 4 aromatic rings. The van der Waals surface area contributed by atoms with Crippen molar-refractivity contribution < 1.29 is 9.30 Å². The number of hydrogen-bond acceptors (Lipinski definition) is 11. The van der Waals surface area contributed by atoms with Crippen molar-refractivity contribution in [3.63, 3.8) is 0 Å². The highest BCUT2D eigenvalue weighted by Gasteiger charge is 2.22. The number of fused-ring (bicyclic) bond motifs is 1. The maximum atomic E-state index is 13.3. The molecule has 13 heteroatoms. The summed E-state index contributed by atoms with van der Waals surface area (Å²) in [5.74, 6) is 1.41. The van der Waals surface area contributed by atoms with Gasteiger partial charge in [-0.05, 0) is 61.6 Å². The van der Waals surface area contributed by atoms with E-state index in [0.717, 1.165) is 18.8 Å². The van der Waals surface area contributed by atoms with Crippen LogP contribution in [-0.4, -0.2) is 79.5 Å². The number of halogens is 1. The van der Waals surface area contributed by atoms with Crippen molar-refractivity contribution in [1.29, 1.82) is 0 Å². The van der Waals surface area contributed by atoms with E-state index in [0.29, 0.717) is 55.4 Å². The average Bonchev–Trinajstić information content (AvgIpc) is 2.88. The summed E-state index contributed by atoms with van der Waals surface area (Å²) in [4.78, 5) is 22.1. The van der Waals surface area contributed by atoms with Gasteiger partial charge in [0.05, 0.1) is 45.2 Å². The van der Waals surface area contributed by atoms with Crippen LogP contribution in [0.25, 0.3) is 11.0 Å². The van der Waals surface area contributed by atoms with Gasteiger partial charge in [0.1, 0.15) is 24.2 Å². The van der Waals surface area contributed by atoms with Crippen molar-refractivity contribution in [3.8, 4) is 5.75 Å². The Bertz CT molecular complexity index is 1540. The molecule has 4 rings (SSSR count).